The van der Waals surface area contributed by atoms with Gasteiger partial charge in [-0.2, -0.15) is 0 Å². The van der Waals surface area contributed by atoms with Gasteiger partial charge in [-0.05, 0) is 12.0 Å². The number of nitrogens with zero attached hydrogens (tertiary/aromatic N) is 1. The number of pyridine rings is 1. The van der Waals surface area contributed by atoms with Crippen LogP contribution in [0.15, 0.2) is 17.1 Å². The predicted molar refractivity (Wildman–Crippen MR) is 55.9 cm³/mol. The van der Waals surface area contributed by atoms with Crippen LogP contribution >= 0.6 is 11.6 Å². The molecule has 0 saturated carbocycles. The van der Waals surface area contributed by atoms with E-state index in [1.165, 1.54) is 4.57 Å². The van der Waals surface area contributed by atoms with E-state index in [0.717, 1.165) is 0 Å². The van der Waals surface area contributed by atoms with Crippen molar-refractivity contribution in [1.29, 1.82) is 0 Å². The molecule has 0 aliphatic rings. The molecule has 1 aromatic heterocycles. The highest BCUT2D eigenvalue weighted by molar-refractivity contribution is 6.32. The maximum atomic E-state index is 11.6. The van der Waals surface area contributed by atoms with Gasteiger partial charge in [0.1, 0.15) is 0 Å². The largest absolute Gasteiger partial charge is 0.315 e. The molecule has 1 rings (SSSR count). The number of aldehydes is 1. The molecule has 0 amide bonds. The van der Waals surface area contributed by atoms with Crippen LogP contribution in [0.2, 0.25) is 5.02 Å². The van der Waals surface area contributed by atoms with Crippen molar-refractivity contribution in [2.75, 3.05) is 0 Å². The quantitative estimate of drug-likeness (QED) is 0.721. The van der Waals surface area contributed by atoms with E-state index >= 15 is 0 Å². The summed E-state index contributed by atoms with van der Waals surface area (Å²) in [5, 5.41) is 0.213. The van der Waals surface area contributed by atoms with E-state index in [9.17, 15) is 9.59 Å². The molecule has 0 unspecified atom stereocenters. The topological polar surface area (TPSA) is 39.1 Å². The van der Waals surface area contributed by atoms with Gasteiger partial charge >= 0.3 is 0 Å². The number of carbonyl (C=O) groups is 1. The number of rotatable bonds is 3. The molecule has 0 aliphatic carbocycles. The van der Waals surface area contributed by atoms with Crippen LogP contribution in [0.5, 0.6) is 0 Å². The van der Waals surface area contributed by atoms with Crippen molar-refractivity contribution in [1.82, 2.24) is 4.57 Å². The van der Waals surface area contributed by atoms with Crippen LogP contribution in [-0.2, 0) is 6.54 Å². The first-order chi connectivity index (χ1) is 6.56. The minimum absolute atomic E-state index is 0.0369. The zero-order valence-electron chi connectivity index (χ0n) is 8.16. The van der Waals surface area contributed by atoms with E-state index in [1.54, 1.807) is 12.3 Å². The molecule has 76 valence electrons. The Bertz CT molecular complexity index is 396. The standard InChI is InChI=1S/C10H12ClNO2/c1-7(2)5-12-4-3-9(11)8(6-13)10(12)14/h3-4,6-7H,5H2,1-2H3. The Morgan fingerprint density at radius 2 is 2.21 bits per heavy atom. The highest BCUT2D eigenvalue weighted by Gasteiger charge is 2.07. The highest BCUT2D eigenvalue weighted by Crippen LogP contribution is 2.09. The van der Waals surface area contributed by atoms with Crippen molar-refractivity contribution in [3.05, 3.63) is 33.2 Å². The van der Waals surface area contributed by atoms with Crippen LogP contribution in [-0.4, -0.2) is 10.9 Å². The SMILES string of the molecule is CC(C)Cn1ccc(Cl)c(C=O)c1=O. The van der Waals surface area contributed by atoms with Gasteiger partial charge in [0.2, 0.25) is 0 Å². The fourth-order valence-electron chi connectivity index (χ4n) is 1.21. The van der Waals surface area contributed by atoms with Crippen LogP contribution in [0.1, 0.15) is 24.2 Å². The summed E-state index contributed by atoms with van der Waals surface area (Å²) in [6.45, 7) is 4.60. The van der Waals surface area contributed by atoms with E-state index in [1.807, 2.05) is 13.8 Å². The van der Waals surface area contributed by atoms with Gasteiger partial charge < -0.3 is 4.57 Å². The Morgan fingerprint density at radius 3 is 2.71 bits per heavy atom. The lowest BCUT2D eigenvalue weighted by Gasteiger charge is -2.09. The van der Waals surface area contributed by atoms with E-state index in [-0.39, 0.29) is 16.1 Å². The van der Waals surface area contributed by atoms with Crippen molar-refractivity contribution < 1.29 is 4.79 Å². The molecule has 14 heavy (non-hydrogen) atoms. The number of aromatic nitrogens is 1. The third-order valence-corrected chi connectivity index (χ3v) is 2.16. The third kappa shape index (κ3) is 2.23. The van der Waals surface area contributed by atoms with Crippen LogP contribution in [0.3, 0.4) is 0 Å². The fourth-order valence-corrected chi connectivity index (χ4v) is 1.40. The van der Waals surface area contributed by atoms with Gasteiger partial charge in [-0.15, -0.1) is 0 Å². The molecule has 0 aliphatic heterocycles. The van der Waals surface area contributed by atoms with E-state index in [4.69, 9.17) is 11.6 Å². The van der Waals surface area contributed by atoms with Crippen molar-refractivity contribution in [2.24, 2.45) is 5.92 Å². The molecule has 0 saturated heterocycles. The highest BCUT2D eigenvalue weighted by atomic mass is 35.5. The maximum absolute atomic E-state index is 11.6. The number of hydrogen-bond acceptors (Lipinski definition) is 2. The molecule has 0 fully saturated rings. The van der Waals surface area contributed by atoms with Crippen LogP contribution in [0.25, 0.3) is 0 Å². The zero-order chi connectivity index (χ0) is 10.7. The van der Waals surface area contributed by atoms with Crippen molar-refractivity contribution >= 4 is 17.9 Å². The summed E-state index contributed by atoms with van der Waals surface area (Å²) in [6.07, 6.45) is 2.11. The summed E-state index contributed by atoms with van der Waals surface area (Å²) in [5.74, 6) is 0.355. The lowest BCUT2D eigenvalue weighted by Crippen LogP contribution is -2.25. The molecule has 0 aromatic carbocycles. The maximum Gasteiger partial charge on any atom is 0.262 e. The first-order valence-corrected chi connectivity index (χ1v) is 4.78. The second kappa shape index (κ2) is 4.42. The molecule has 0 radical (unpaired) electrons. The van der Waals surface area contributed by atoms with E-state index in [0.29, 0.717) is 18.7 Å². The molecule has 0 N–H and O–H groups in total. The first kappa shape index (κ1) is 11.0. The average Bonchev–Trinajstić information content (AvgIpc) is 2.10. The summed E-state index contributed by atoms with van der Waals surface area (Å²) >= 11 is 5.69. The summed E-state index contributed by atoms with van der Waals surface area (Å²) in [4.78, 5) is 22.2. The molecular formula is C10H12ClNO2. The Morgan fingerprint density at radius 1 is 1.57 bits per heavy atom. The Kier molecular flexibility index (Phi) is 3.47. The normalized spacial score (nSPS) is 10.6. The van der Waals surface area contributed by atoms with Crippen molar-refractivity contribution in [3.8, 4) is 0 Å². The molecular weight excluding hydrogens is 202 g/mol. The van der Waals surface area contributed by atoms with Crippen LogP contribution in [0, 0.1) is 5.92 Å². The van der Waals surface area contributed by atoms with Gasteiger partial charge in [-0.3, -0.25) is 9.59 Å². The molecule has 1 aromatic rings. The zero-order valence-corrected chi connectivity index (χ0v) is 8.91. The summed E-state index contributed by atoms with van der Waals surface area (Å²) < 4.78 is 1.50. The van der Waals surface area contributed by atoms with Crippen LogP contribution < -0.4 is 5.56 Å². The van der Waals surface area contributed by atoms with Crippen molar-refractivity contribution in [2.45, 2.75) is 20.4 Å². The minimum Gasteiger partial charge on any atom is -0.315 e. The summed E-state index contributed by atoms with van der Waals surface area (Å²) in [7, 11) is 0. The van der Waals surface area contributed by atoms with Crippen LogP contribution in [0.4, 0.5) is 0 Å². The third-order valence-electron chi connectivity index (χ3n) is 1.83. The van der Waals surface area contributed by atoms with Crippen molar-refractivity contribution in [3.63, 3.8) is 0 Å². The fraction of sp³-hybridized carbons (Fsp3) is 0.400. The van der Waals surface area contributed by atoms with Gasteiger partial charge in [0.05, 0.1) is 10.6 Å². The number of hydrogen-bond donors (Lipinski definition) is 0. The Hall–Kier alpha value is -1.09. The Labute approximate surface area is 87.3 Å². The summed E-state index contributed by atoms with van der Waals surface area (Å²) in [5.41, 5.74) is -0.281. The van der Waals surface area contributed by atoms with Gasteiger partial charge in [0, 0.05) is 12.7 Å². The average molecular weight is 214 g/mol. The lowest BCUT2D eigenvalue weighted by atomic mass is 10.2. The predicted octanol–water partition coefficient (Wildman–Crippen LogP) is 1.97. The monoisotopic (exact) mass is 213 g/mol. The molecule has 1 heterocycles. The molecule has 0 spiro atoms. The smallest absolute Gasteiger partial charge is 0.262 e. The number of carbonyl (C=O) groups excluding carboxylic acids is 1. The van der Waals surface area contributed by atoms with Gasteiger partial charge in [-0.1, -0.05) is 25.4 Å². The minimum atomic E-state index is -0.318. The van der Waals surface area contributed by atoms with E-state index in [2.05, 4.69) is 0 Å². The molecule has 0 atom stereocenters. The molecule has 3 nitrogen and oxygen atoms in total. The second-order valence-electron chi connectivity index (χ2n) is 3.55. The van der Waals surface area contributed by atoms with Gasteiger partial charge in [0.25, 0.3) is 5.56 Å². The lowest BCUT2D eigenvalue weighted by molar-refractivity contribution is 0.112. The van der Waals surface area contributed by atoms with Gasteiger partial charge in [-0.25, -0.2) is 0 Å². The van der Waals surface area contributed by atoms with E-state index < -0.39 is 0 Å². The molecule has 4 heteroatoms. The van der Waals surface area contributed by atoms with Gasteiger partial charge in [0.15, 0.2) is 6.29 Å². The number of halogens is 1. The second-order valence-corrected chi connectivity index (χ2v) is 3.95. The first-order valence-electron chi connectivity index (χ1n) is 4.40. The molecule has 0 bridgehead atoms. The summed E-state index contributed by atoms with van der Waals surface area (Å²) in [6, 6.07) is 1.56. The Balaban J connectivity index is 3.22.